The predicted octanol–water partition coefficient (Wildman–Crippen LogP) is 3.92. The number of rotatable bonds is 8. The van der Waals surface area contributed by atoms with E-state index in [1.807, 2.05) is 23.6 Å². The summed E-state index contributed by atoms with van der Waals surface area (Å²) in [4.78, 5) is 5.20. The molecule has 2 aromatic carbocycles. The molecule has 3 aromatic rings. The third-order valence-corrected chi connectivity index (χ3v) is 5.12. The molecule has 0 aliphatic heterocycles. The molecule has 0 bridgehead atoms. The average Bonchev–Trinajstić information content (AvgIpc) is 3.19. The number of nitrogens with zero attached hydrogens (tertiary/aromatic N) is 3. The highest BCUT2D eigenvalue weighted by molar-refractivity contribution is 7.07. The summed E-state index contributed by atoms with van der Waals surface area (Å²) >= 11 is 1.44. The molecule has 0 radical (unpaired) electrons. The van der Waals surface area contributed by atoms with Crippen molar-refractivity contribution in [3.05, 3.63) is 64.8 Å². The molecule has 0 atom stereocenters. The highest BCUT2D eigenvalue weighted by Crippen LogP contribution is 2.33. The lowest BCUT2D eigenvalue weighted by Crippen LogP contribution is -2.12. The van der Waals surface area contributed by atoms with E-state index < -0.39 is 0 Å². The fraction of sp³-hybridized carbons (Fsp3) is 0.182. The van der Waals surface area contributed by atoms with Crippen LogP contribution in [0.5, 0.6) is 23.0 Å². The molecule has 156 valence electrons. The van der Waals surface area contributed by atoms with E-state index in [0.717, 1.165) is 11.3 Å². The van der Waals surface area contributed by atoms with Gasteiger partial charge in [0, 0.05) is 16.5 Å². The molecule has 0 spiro atoms. The zero-order valence-corrected chi connectivity index (χ0v) is 17.8. The molecule has 0 fully saturated rings. The average molecular weight is 426 g/mol. The van der Waals surface area contributed by atoms with E-state index in [1.54, 1.807) is 56.5 Å². The molecule has 8 heteroatoms. The van der Waals surface area contributed by atoms with Gasteiger partial charge < -0.3 is 19.3 Å². The maximum atomic E-state index is 10.2. The fourth-order valence-corrected chi connectivity index (χ4v) is 3.58. The smallest absolute Gasteiger partial charge is 0.206 e. The molecular formula is C22H23N3O4S. The topological polar surface area (TPSA) is 77.6 Å². The van der Waals surface area contributed by atoms with Crippen LogP contribution in [-0.2, 0) is 0 Å². The van der Waals surface area contributed by atoms with Crippen molar-refractivity contribution in [1.29, 1.82) is 0 Å². The number of thiazole rings is 1. The van der Waals surface area contributed by atoms with Crippen molar-refractivity contribution in [2.45, 2.75) is 0 Å². The van der Waals surface area contributed by atoms with Gasteiger partial charge in [-0.25, -0.2) is 4.68 Å². The summed E-state index contributed by atoms with van der Waals surface area (Å²) in [6, 6.07) is 10.5. The number of ether oxygens (including phenoxy) is 3. The molecule has 1 heterocycles. The van der Waals surface area contributed by atoms with Crippen molar-refractivity contribution < 1.29 is 19.3 Å². The van der Waals surface area contributed by atoms with Gasteiger partial charge in [-0.15, -0.1) is 17.9 Å². The number of hydrogen-bond donors (Lipinski definition) is 1. The minimum atomic E-state index is 0.0977. The third kappa shape index (κ3) is 4.55. The van der Waals surface area contributed by atoms with Gasteiger partial charge in [0.15, 0.2) is 0 Å². The Morgan fingerprint density at radius 2 is 1.80 bits per heavy atom. The van der Waals surface area contributed by atoms with Crippen LogP contribution >= 0.6 is 11.3 Å². The second-order valence-electron chi connectivity index (χ2n) is 6.08. The second-order valence-corrected chi connectivity index (χ2v) is 6.92. The van der Waals surface area contributed by atoms with Crippen LogP contribution in [0.2, 0.25) is 0 Å². The lowest BCUT2D eigenvalue weighted by molar-refractivity contribution is 0.404. The summed E-state index contributed by atoms with van der Waals surface area (Å²) in [6.07, 6.45) is 3.28. The largest absolute Gasteiger partial charge is 0.507 e. The Kier molecular flexibility index (Phi) is 6.92. The van der Waals surface area contributed by atoms with Gasteiger partial charge in [-0.2, -0.15) is 5.10 Å². The summed E-state index contributed by atoms with van der Waals surface area (Å²) in [7, 11) is 4.80. The molecule has 0 saturated carbocycles. The Morgan fingerprint density at radius 3 is 2.50 bits per heavy atom. The van der Waals surface area contributed by atoms with Crippen LogP contribution in [0.15, 0.2) is 64.5 Å². The zero-order chi connectivity index (χ0) is 21.5. The first-order chi connectivity index (χ1) is 14.6. The Hall–Kier alpha value is -3.52. The summed E-state index contributed by atoms with van der Waals surface area (Å²) < 4.78 is 17.8. The van der Waals surface area contributed by atoms with Crippen LogP contribution in [0.4, 0.5) is 0 Å². The SMILES string of the molecule is C=CCN=c1scc(-c2cc(OC)ccc2OC)n1N=Cc1cc(OC)ccc1O. The van der Waals surface area contributed by atoms with Gasteiger partial charge in [-0.05, 0) is 36.4 Å². The van der Waals surface area contributed by atoms with Gasteiger partial charge in [0.25, 0.3) is 0 Å². The van der Waals surface area contributed by atoms with Gasteiger partial charge in [0.1, 0.15) is 23.0 Å². The van der Waals surface area contributed by atoms with Crippen molar-refractivity contribution in [2.75, 3.05) is 27.9 Å². The van der Waals surface area contributed by atoms with E-state index in [0.29, 0.717) is 34.2 Å². The number of benzene rings is 2. The number of aromatic hydroxyl groups is 1. The van der Waals surface area contributed by atoms with E-state index in [-0.39, 0.29) is 5.75 Å². The van der Waals surface area contributed by atoms with Crippen LogP contribution < -0.4 is 19.0 Å². The molecular weight excluding hydrogens is 402 g/mol. The van der Waals surface area contributed by atoms with Crippen molar-refractivity contribution in [3.8, 4) is 34.3 Å². The summed E-state index contributed by atoms with van der Waals surface area (Å²) in [5, 5.41) is 16.7. The molecule has 0 aliphatic carbocycles. The maximum Gasteiger partial charge on any atom is 0.206 e. The fourth-order valence-electron chi connectivity index (χ4n) is 2.74. The molecule has 30 heavy (non-hydrogen) atoms. The number of phenolic OH excluding ortho intramolecular Hbond substituents is 1. The normalized spacial score (nSPS) is 11.6. The maximum absolute atomic E-state index is 10.2. The number of phenols is 1. The van der Waals surface area contributed by atoms with Crippen LogP contribution in [-0.4, -0.2) is 43.9 Å². The van der Waals surface area contributed by atoms with Gasteiger partial charge >= 0.3 is 0 Å². The van der Waals surface area contributed by atoms with E-state index >= 15 is 0 Å². The Labute approximate surface area is 178 Å². The van der Waals surface area contributed by atoms with E-state index in [1.165, 1.54) is 11.3 Å². The van der Waals surface area contributed by atoms with Gasteiger partial charge in [0.05, 0.1) is 39.8 Å². The molecule has 0 unspecified atom stereocenters. The first kappa shape index (κ1) is 21.2. The van der Waals surface area contributed by atoms with Crippen LogP contribution in [0.1, 0.15) is 5.56 Å². The first-order valence-corrected chi connectivity index (χ1v) is 9.95. The van der Waals surface area contributed by atoms with Gasteiger partial charge in [-0.1, -0.05) is 6.08 Å². The molecule has 3 rings (SSSR count). The second kappa shape index (κ2) is 9.80. The minimum Gasteiger partial charge on any atom is -0.507 e. The summed E-state index contributed by atoms with van der Waals surface area (Å²) in [6.45, 7) is 4.18. The Morgan fingerprint density at radius 1 is 1.07 bits per heavy atom. The quantitative estimate of drug-likeness (QED) is 0.438. The number of methoxy groups -OCH3 is 3. The molecule has 0 saturated heterocycles. The zero-order valence-electron chi connectivity index (χ0n) is 17.0. The molecule has 0 aliphatic rings. The Bertz CT molecular complexity index is 1130. The number of aromatic nitrogens is 1. The standard InChI is InChI=1S/C22H23N3O4S/c1-5-10-23-22-25(24-13-15-11-16(27-2)6-8-20(15)26)19(14-30-22)18-12-17(28-3)7-9-21(18)29-4/h5-9,11-14,26H,1,10H2,2-4H3. The van der Waals surface area contributed by atoms with Crippen LogP contribution in [0.3, 0.4) is 0 Å². The number of hydrogen-bond acceptors (Lipinski definition) is 7. The lowest BCUT2D eigenvalue weighted by Gasteiger charge is -2.11. The van der Waals surface area contributed by atoms with Crippen LogP contribution in [0.25, 0.3) is 11.3 Å². The highest BCUT2D eigenvalue weighted by Gasteiger charge is 2.14. The summed E-state index contributed by atoms with van der Waals surface area (Å²) in [5.41, 5.74) is 2.10. The first-order valence-electron chi connectivity index (χ1n) is 9.07. The summed E-state index contributed by atoms with van der Waals surface area (Å²) in [5.74, 6) is 2.09. The highest BCUT2D eigenvalue weighted by atomic mass is 32.1. The predicted molar refractivity (Wildman–Crippen MR) is 119 cm³/mol. The van der Waals surface area contributed by atoms with Crippen molar-refractivity contribution >= 4 is 17.6 Å². The molecule has 7 nitrogen and oxygen atoms in total. The van der Waals surface area contributed by atoms with Crippen molar-refractivity contribution in [1.82, 2.24) is 4.68 Å². The Balaban J connectivity index is 2.17. The van der Waals surface area contributed by atoms with E-state index in [2.05, 4.69) is 16.7 Å². The van der Waals surface area contributed by atoms with Crippen LogP contribution in [0, 0.1) is 0 Å². The van der Waals surface area contributed by atoms with Crippen molar-refractivity contribution in [3.63, 3.8) is 0 Å². The third-order valence-electron chi connectivity index (χ3n) is 4.27. The van der Waals surface area contributed by atoms with E-state index in [9.17, 15) is 5.11 Å². The molecule has 0 amide bonds. The van der Waals surface area contributed by atoms with Gasteiger partial charge in [0.2, 0.25) is 4.80 Å². The molecule has 1 N–H and O–H groups in total. The molecule has 1 aromatic heterocycles. The van der Waals surface area contributed by atoms with Crippen molar-refractivity contribution in [2.24, 2.45) is 10.1 Å². The lowest BCUT2D eigenvalue weighted by atomic mass is 10.1. The van der Waals surface area contributed by atoms with Gasteiger partial charge in [-0.3, -0.25) is 4.99 Å². The minimum absolute atomic E-state index is 0.0977. The monoisotopic (exact) mass is 425 g/mol. The van der Waals surface area contributed by atoms with E-state index in [4.69, 9.17) is 14.2 Å².